The van der Waals surface area contributed by atoms with Crippen LogP contribution in [0.3, 0.4) is 0 Å². The normalized spacial score (nSPS) is 26.5. The SMILES string of the molecule is Nc1c(C2C=CCCC2)cccc1C1C=CCCC1. The molecule has 2 aliphatic carbocycles. The predicted molar refractivity (Wildman–Crippen MR) is 82.3 cm³/mol. The van der Waals surface area contributed by atoms with Crippen LogP contribution in [0.1, 0.15) is 61.5 Å². The summed E-state index contributed by atoms with van der Waals surface area (Å²) in [6.45, 7) is 0. The average Bonchev–Trinajstić information content (AvgIpc) is 2.49. The molecule has 0 amide bonds. The second-order valence-corrected chi connectivity index (χ2v) is 5.78. The quantitative estimate of drug-likeness (QED) is 0.588. The van der Waals surface area contributed by atoms with E-state index in [0.717, 1.165) is 5.69 Å². The Balaban J connectivity index is 1.93. The summed E-state index contributed by atoms with van der Waals surface area (Å²) in [6.07, 6.45) is 16.8. The third-order valence-corrected chi connectivity index (χ3v) is 4.48. The molecule has 0 bridgehead atoms. The molecule has 2 aliphatic rings. The Bertz CT molecular complexity index is 456. The van der Waals surface area contributed by atoms with Crippen LogP contribution in [0.5, 0.6) is 0 Å². The van der Waals surface area contributed by atoms with Gasteiger partial charge in [-0.1, -0.05) is 42.5 Å². The lowest BCUT2D eigenvalue weighted by atomic mass is 9.83. The van der Waals surface area contributed by atoms with Crippen LogP contribution >= 0.6 is 0 Å². The van der Waals surface area contributed by atoms with Crippen molar-refractivity contribution in [2.75, 3.05) is 5.73 Å². The van der Waals surface area contributed by atoms with Gasteiger partial charge in [0.1, 0.15) is 0 Å². The van der Waals surface area contributed by atoms with E-state index >= 15 is 0 Å². The fourth-order valence-corrected chi connectivity index (χ4v) is 3.39. The molecule has 3 rings (SSSR count). The van der Waals surface area contributed by atoms with Crippen LogP contribution in [0.25, 0.3) is 0 Å². The molecule has 100 valence electrons. The Morgan fingerprint density at radius 3 is 1.79 bits per heavy atom. The predicted octanol–water partition coefficient (Wildman–Crippen LogP) is 4.92. The number of nitrogens with two attached hydrogens (primary N) is 1. The molecule has 2 N–H and O–H groups in total. The Kier molecular flexibility index (Phi) is 3.72. The number of anilines is 1. The zero-order chi connectivity index (χ0) is 13.1. The van der Waals surface area contributed by atoms with Gasteiger partial charge in [-0.3, -0.25) is 0 Å². The first-order chi connectivity index (χ1) is 9.36. The molecular formula is C18H23N. The van der Waals surface area contributed by atoms with Crippen molar-refractivity contribution >= 4 is 5.69 Å². The first kappa shape index (κ1) is 12.5. The first-order valence-electron chi connectivity index (χ1n) is 7.58. The van der Waals surface area contributed by atoms with Gasteiger partial charge in [-0.2, -0.15) is 0 Å². The lowest BCUT2D eigenvalue weighted by molar-refractivity contribution is 0.644. The molecule has 0 heterocycles. The van der Waals surface area contributed by atoms with Crippen LogP contribution in [0.2, 0.25) is 0 Å². The zero-order valence-electron chi connectivity index (χ0n) is 11.5. The fraction of sp³-hybridized carbons (Fsp3) is 0.444. The van der Waals surface area contributed by atoms with Crippen LogP contribution in [-0.2, 0) is 0 Å². The Morgan fingerprint density at radius 1 is 0.842 bits per heavy atom. The van der Waals surface area contributed by atoms with E-state index in [9.17, 15) is 0 Å². The molecule has 1 aromatic carbocycles. The van der Waals surface area contributed by atoms with Crippen LogP contribution in [0, 0.1) is 0 Å². The Morgan fingerprint density at radius 2 is 1.37 bits per heavy atom. The van der Waals surface area contributed by atoms with Crippen molar-refractivity contribution in [3.05, 3.63) is 53.6 Å². The maximum absolute atomic E-state index is 6.48. The zero-order valence-corrected chi connectivity index (χ0v) is 11.5. The minimum Gasteiger partial charge on any atom is -0.398 e. The molecule has 2 atom stereocenters. The van der Waals surface area contributed by atoms with E-state index in [2.05, 4.69) is 42.5 Å². The van der Waals surface area contributed by atoms with E-state index in [0.29, 0.717) is 11.8 Å². The van der Waals surface area contributed by atoms with E-state index in [4.69, 9.17) is 5.73 Å². The minimum absolute atomic E-state index is 0.529. The summed E-state index contributed by atoms with van der Waals surface area (Å²) >= 11 is 0. The van der Waals surface area contributed by atoms with Crippen LogP contribution in [0.15, 0.2) is 42.5 Å². The molecule has 0 saturated carbocycles. The summed E-state index contributed by atoms with van der Waals surface area (Å²) in [5.74, 6) is 1.06. The fourth-order valence-electron chi connectivity index (χ4n) is 3.39. The van der Waals surface area contributed by atoms with Gasteiger partial charge in [-0.15, -0.1) is 0 Å². The third kappa shape index (κ3) is 2.60. The molecule has 0 fully saturated rings. The highest BCUT2D eigenvalue weighted by Crippen LogP contribution is 2.38. The Labute approximate surface area is 116 Å². The standard InChI is InChI=1S/C18H23N/c19-18-16(14-8-3-1-4-9-14)12-7-13-17(18)15-10-5-2-6-11-15/h3,5,7-8,10,12-15H,1-2,4,6,9,11,19H2. The van der Waals surface area contributed by atoms with E-state index in [-0.39, 0.29) is 0 Å². The molecule has 1 heteroatoms. The second-order valence-electron chi connectivity index (χ2n) is 5.78. The van der Waals surface area contributed by atoms with Crippen molar-refractivity contribution < 1.29 is 0 Å². The van der Waals surface area contributed by atoms with Crippen molar-refractivity contribution in [3.8, 4) is 0 Å². The van der Waals surface area contributed by atoms with Crippen LogP contribution in [0.4, 0.5) is 5.69 Å². The third-order valence-electron chi connectivity index (χ3n) is 4.48. The van der Waals surface area contributed by atoms with Gasteiger partial charge in [-0.05, 0) is 49.7 Å². The topological polar surface area (TPSA) is 26.0 Å². The maximum Gasteiger partial charge on any atom is 0.0391 e. The molecule has 0 radical (unpaired) electrons. The number of benzene rings is 1. The number of allylic oxidation sites excluding steroid dienone is 4. The van der Waals surface area contributed by atoms with E-state index in [1.54, 1.807) is 0 Å². The highest BCUT2D eigenvalue weighted by molar-refractivity contribution is 5.58. The van der Waals surface area contributed by atoms with Gasteiger partial charge in [0.2, 0.25) is 0 Å². The number of rotatable bonds is 2. The van der Waals surface area contributed by atoms with E-state index in [1.807, 2.05) is 0 Å². The molecule has 1 aromatic rings. The molecular weight excluding hydrogens is 230 g/mol. The van der Waals surface area contributed by atoms with Gasteiger partial charge in [0.25, 0.3) is 0 Å². The van der Waals surface area contributed by atoms with Crippen molar-refractivity contribution in [3.63, 3.8) is 0 Å². The lowest BCUT2D eigenvalue weighted by Gasteiger charge is -2.24. The van der Waals surface area contributed by atoms with Crippen molar-refractivity contribution in [2.24, 2.45) is 0 Å². The molecule has 19 heavy (non-hydrogen) atoms. The molecule has 0 aliphatic heterocycles. The van der Waals surface area contributed by atoms with E-state index in [1.165, 1.54) is 49.7 Å². The molecule has 0 aromatic heterocycles. The van der Waals surface area contributed by atoms with Crippen molar-refractivity contribution in [1.82, 2.24) is 0 Å². The van der Waals surface area contributed by atoms with Gasteiger partial charge < -0.3 is 5.73 Å². The molecule has 1 nitrogen and oxygen atoms in total. The number of nitrogen functional groups attached to an aromatic ring is 1. The minimum atomic E-state index is 0.529. The first-order valence-corrected chi connectivity index (χ1v) is 7.58. The van der Waals surface area contributed by atoms with Crippen LogP contribution < -0.4 is 5.73 Å². The largest absolute Gasteiger partial charge is 0.398 e. The van der Waals surface area contributed by atoms with Crippen molar-refractivity contribution in [1.29, 1.82) is 0 Å². The highest BCUT2D eigenvalue weighted by atomic mass is 14.6. The maximum atomic E-state index is 6.48. The molecule has 0 saturated heterocycles. The van der Waals surface area contributed by atoms with Crippen LogP contribution in [-0.4, -0.2) is 0 Å². The number of hydrogen-bond acceptors (Lipinski definition) is 1. The lowest BCUT2D eigenvalue weighted by Crippen LogP contribution is -2.09. The van der Waals surface area contributed by atoms with Gasteiger partial charge in [0.05, 0.1) is 0 Å². The number of para-hydroxylation sites is 1. The highest BCUT2D eigenvalue weighted by Gasteiger charge is 2.19. The summed E-state index contributed by atoms with van der Waals surface area (Å²) in [4.78, 5) is 0. The number of hydrogen-bond donors (Lipinski definition) is 1. The van der Waals surface area contributed by atoms with Gasteiger partial charge in [-0.25, -0.2) is 0 Å². The molecule has 0 spiro atoms. The second kappa shape index (κ2) is 5.64. The van der Waals surface area contributed by atoms with Gasteiger partial charge in [0.15, 0.2) is 0 Å². The summed E-state index contributed by atoms with van der Waals surface area (Å²) in [6, 6.07) is 6.61. The smallest absolute Gasteiger partial charge is 0.0391 e. The van der Waals surface area contributed by atoms with E-state index < -0.39 is 0 Å². The Hall–Kier alpha value is -1.50. The summed E-state index contributed by atoms with van der Waals surface area (Å²) in [5, 5.41) is 0. The monoisotopic (exact) mass is 253 g/mol. The van der Waals surface area contributed by atoms with Crippen molar-refractivity contribution in [2.45, 2.75) is 50.4 Å². The summed E-state index contributed by atoms with van der Waals surface area (Å²) < 4.78 is 0. The molecule has 2 unspecified atom stereocenters. The average molecular weight is 253 g/mol. The summed E-state index contributed by atoms with van der Waals surface area (Å²) in [7, 11) is 0. The van der Waals surface area contributed by atoms with Gasteiger partial charge in [0, 0.05) is 17.5 Å². The summed E-state index contributed by atoms with van der Waals surface area (Å²) in [5.41, 5.74) is 10.2. The van der Waals surface area contributed by atoms with Gasteiger partial charge >= 0.3 is 0 Å².